The van der Waals surface area contributed by atoms with Crippen LogP contribution in [0.4, 0.5) is 20.9 Å². The number of nitro benzene ring substituents is 1. The van der Waals surface area contributed by atoms with E-state index in [9.17, 15) is 19.3 Å². The first-order chi connectivity index (χ1) is 9.38. The van der Waals surface area contributed by atoms with Crippen molar-refractivity contribution < 1.29 is 19.2 Å². The van der Waals surface area contributed by atoms with Crippen molar-refractivity contribution >= 4 is 33.8 Å². The Bertz CT molecular complexity index is 701. The van der Waals surface area contributed by atoms with Gasteiger partial charge in [0.15, 0.2) is 5.13 Å². The highest BCUT2D eigenvalue weighted by Crippen LogP contribution is 2.31. The Morgan fingerprint density at radius 3 is 2.75 bits per heavy atom. The number of carbonyl (C=O) groups is 1. The van der Waals surface area contributed by atoms with E-state index >= 15 is 0 Å². The molecule has 104 valence electrons. The molecule has 0 radical (unpaired) electrons. The van der Waals surface area contributed by atoms with Crippen LogP contribution in [-0.4, -0.2) is 21.0 Å². The fourth-order valence-corrected chi connectivity index (χ4v) is 2.20. The van der Waals surface area contributed by atoms with Gasteiger partial charge in [-0.25, -0.2) is 14.2 Å². The molecule has 20 heavy (non-hydrogen) atoms. The van der Waals surface area contributed by atoms with Crippen molar-refractivity contribution in [2.75, 3.05) is 5.32 Å². The van der Waals surface area contributed by atoms with Gasteiger partial charge in [-0.1, -0.05) is 0 Å². The lowest BCUT2D eigenvalue weighted by Crippen LogP contribution is -2.05. The molecule has 0 aliphatic heterocycles. The Kier molecular flexibility index (Phi) is 3.61. The van der Waals surface area contributed by atoms with Crippen LogP contribution in [0.2, 0.25) is 0 Å². The quantitative estimate of drug-likeness (QED) is 0.664. The standard InChI is InChI=1S/C11H8FN3O4S/c1-5-4-20-11(13-5)14-8-2-6(10(16)17)7(12)3-9(8)15(18)19/h2-4H,1H3,(H,13,14)(H,16,17). The molecule has 1 aromatic heterocycles. The molecule has 2 N–H and O–H groups in total. The number of anilines is 2. The third-order valence-corrected chi connectivity index (χ3v) is 3.25. The van der Waals surface area contributed by atoms with Gasteiger partial charge in [-0.2, -0.15) is 0 Å². The van der Waals surface area contributed by atoms with E-state index < -0.39 is 28.0 Å². The van der Waals surface area contributed by atoms with Crippen LogP contribution < -0.4 is 5.32 Å². The third kappa shape index (κ3) is 2.72. The lowest BCUT2D eigenvalue weighted by Gasteiger charge is -2.06. The van der Waals surface area contributed by atoms with Gasteiger partial charge in [0.05, 0.1) is 22.2 Å². The SMILES string of the molecule is Cc1csc(Nc2cc(C(=O)O)c(F)cc2[N+](=O)[O-])n1. The van der Waals surface area contributed by atoms with E-state index in [1.54, 1.807) is 12.3 Å². The number of hydrogen-bond donors (Lipinski definition) is 2. The number of carboxylic acid groups (broad SMARTS) is 1. The fraction of sp³-hybridized carbons (Fsp3) is 0.0909. The molecular formula is C11H8FN3O4S. The number of aryl methyl sites for hydroxylation is 1. The molecule has 7 nitrogen and oxygen atoms in total. The number of hydrogen-bond acceptors (Lipinski definition) is 6. The zero-order valence-corrected chi connectivity index (χ0v) is 10.9. The molecule has 1 aromatic carbocycles. The van der Waals surface area contributed by atoms with Gasteiger partial charge in [-0.15, -0.1) is 11.3 Å². The molecular weight excluding hydrogens is 289 g/mol. The van der Waals surface area contributed by atoms with Crippen LogP contribution in [-0.2, 0) is 0 Å². The minimum absolute atomic E-state index is 0.122. The van der Waals surface area contributed by atoms with E-state index in [4.69, 9.17) is 5.11 Å². The highest BCUT2D eigenvalue weighted by atomic mass is 32.1. The molecule has 0 amide bonds. The summed E-state index contributed by atoms with van der Waals surface area (Å²) in [4.78, 5) is 25.0. The number of nitro groups is 1. The monoisotopic (exact) mass is 297 g/mol. The molecule has 0 fully saturated rings. The van der Waals surface area contributed by atoms with Crippen molar-refractivity contribution in [3.8, 4) is 0 Å². The molecule has 0 atom stereocenters. The molecule has 2 aromatic rings. The number of thiazole rings is 1. The van der Waals surface area contributed by atoms with E-state index in [0.29, 0.717) is 16.9 Å². The second kappa shape index (κ2) is 5.21. The highest BCUT2D eigenvalue weighted by Gasteiger charge is 2.22. The van der Waals surface area contributed by atoms with E-state index in [-0.39, 0.29) is 5.69 Å². The van der Waals surface area contributed by atoms with Crippen LogP contribution >= 0.6 is 11.3 Å². The molecule has 0 saturated carbocycles. The molecule has 0 aliphatic carbocycles. The summed E-state index contributed by atoms with van der Waals surface area (Å²) >= 11 is 1.20. The zero-order valence-electron chi connectivity index (χ0n) is 10.1. The number of nitrogens with one attached hydrogen (secondary N) is 1. The van der Waals surface area contributed by atoms with Gasteiger partial charge in [-0.3, -0.25) is 10.1 Å². The second-order valence-corrected chi connectivity index (χ2v) is 4.69. The predicted octanol–water partition coefficient (Wildman–Crippen LogP) is 2.94. The van der Waals surface area contributed by atoms with E-state index in [1.807, 2.05) is 0 Å². The van der Waals surface area contributed by atoms with Crippen LogP contribution in [0.5, 0.6) is 0 Å². The summed E-state index contributed by atoms with van der Waals surface area (Å²) < 4.78 is 13.5. The molecule has 2 rings (SSSR count). The molecule has 0 aliphatic rings. The Morgan fingerprint density at radius 1 is 1.55 bits per heavy atom. The van der Waals surface area contributed by atoms with E-state index in [2.05, 4.69) is 10.3 Å². The van der Waals surface area contributed by atoms with Crippen molar-refractivity contribution in [1.82, 2.24) is 4.98 Å². The fourth-order valence-electron chi connectivity index (χ4n) is 1.50. The first kappa shape index (κ1) is 13.9. The lowest BCUT2D eigenvalue weighted by atomic mass is 10.1. The maximum atomic E-state index is 13.5. The normalized spacial score (nSPS) is 10.3. The largest absolute Gasteiger partial charge is 0.478 e. The van der Waals surface area contributed by atoms with Crippen LogP contribution in [0, 0.1) is 22.9 Å². The Morgan fingerprint density at radius 2 is 2.25 bits per heavy atom. The zero-order chi connectivity index (χ0) is 14.9. The summed E-state index contributed by atoms with van der Waals surface area (Å²) in [5.41, 5.74) is -0.615. The average Bonchev–Trinajstić information content (AvgIpc) is 2.76. The highest BCUT2D eigenvalue weighted by molar-refractivity contribution is 7.13. The van der Waals surface area contributed by atoms with Crippen LogP contribution in [0.25, 0.3) is 0 Å². The van der Waals surface area contributed by atoms with Crippen molar-refractivity contribution in [2.24, 2.45) is 0 Å². The summed E-state index contributed by atoms with van der Waals surface area (Å²) in [7, 11) is 0. The predicted molar refractivity (Wildman–Crippen MR) is 70.1 cm³/mol. The van der Waals surface area contributed by atoms with E-state index in [0.717, 1.165) is 6.07 Å². The average molecular weight is 297 g/mol. The number of carboxylic acids is 1. The minimum Gasteiger partial charge on any atom is -0.478 e. The lowest BCUT2D eigenvalue weighted by molar-refractivity contribution is -0.384. The smallest absolute Gasteiger partial charge is 0.338 e. The maximum Gasteiger partial charge on any atom is 0.338 e. The summed E-state index contributed by atoms with van der Waals surface area (Å²) in [6.45, 7) is 1.74. The first-order valence-corrected chi connectivity index (χ1v) is 6.17. The van der Waals surface area contributed by atoms with Crippen molar-refractivity contribution in [3.05, 3.63) is 44.7 Å². The van der Waals surface area contributed by atoms with Gasteiger partial charge < -0.3 is 10.4 Å². The van der Waals surface area contributed by atoms with Gasteiger partial charge in [0.2, 0.25) is 0 Å². The molecule has 9 heteroatoms. The molecule has 0 saturated heterocycles. The second-order valence-electron chi connectivity index (χ2n) is 3.83. The Labute approximate surface area is 115 Å². The summed E-state index contributed by atoms with van der Waals surface area (Å²) in [6.07, 6.45) is 0. The number of rotatable bonds is 4. The van der Waals surface area contributed by atoms with Crippen LogP contribution in [0.15, 0.2) is 17.5 Å². The van der Waals surface area contributed by atoms with Crippen molar-refractivity contribution in [1.29, 1.82) is 0 Å². The van der Waals surface area contributed by atoms with E-state index in [1.165, 1.54) is 11.3 Å². The molecule has 0 bridgehead atoms. The minimum atomic E-state index is -1.50. The number of halogens is 1. The number of aromatic carboxylic acids is 1. The van der Waals surface area contributed by atoms with Gasteiger partial charge in [0.25, 0.3) is 5.69 Å². The van der Waals surface area contributed by atoms with Gasteiger partial charge in [-0.05, 0) is 13.0 Å². The Balaban J connectivity index is 2.50. The summed E-state index contributed by atoms with van der Waals surface area (Å²) in [5, 5.41) is 24.4. The number of nitrogens with zero attached hydrogens (tertiary/aromatic N) is 2. The third-order valence-electron chi connectivity index (χ3n) is 2.37. The number of benzene rings is 1. The van der Waals surface area contributed by atoms with Gasteiger partial charge >= 0.3 is 5.97 Å². The maximum absolute atomic E-state index is 13.5. The van der Waals surface area contributed by atoms with Crippen LogP contribution in [0.1, 0.15) is 16.1 Å². The first-order valence-electron chi connectivity index (χ1n) is 5.29. The van der Waals surface area contributed by atoms with Gasteiger partial charge in [0.1, 0.15) is 11.5 Å². The summed E-state index contributed by atoms with van der Waals surface area (Å²) in [6, 6.07) is 1.46. The van der Waals surface area contributed by atoms with Crippen LogP contribution in [0.3, 0.4) is 0 Å². The topological polar surface area (TPSA) is 105 Å². The van der Waals surface area contributed by atoms with Crippen molar-refractivity contribution in [2.45, 2.75) is 6.92 Å². The van der Waals surface area contributed by atoms with Crippen molar-refractivity contribution in [3.63, 3.8) is 0 Å². The van der Waals surface area contributed by atoms with Gasteiger partial charge in [0, 0.05) is 5.38 Å². The molecule has 1 heterocycles. The number of aromatic nitrogens is 1. The molecule has 0 spiro atoms. The molecule has 0 unspecified atom stereocenters. The Hall–Kier alpha value is -2.55. The summed E-state index contributed by atoms with van der Waals surface area (Å²) in [5.74, 6) is -2.67.